The second-order valence-electron chi connectivity index (χ2n) is 6.76. The van der Waals surface area contributed by atoms with Crippen molar-refractivity contribution in [2.45, 2.75) is 30.2 Å². The molecule has 1 amide bonds. The summed E-state index contributed by atoms with van der Waals surface area (Å²) >= 11 is 1.64. The van der Waals surface area contributed by atoms with E-state index in [1.807, 2.05) is 29.2 Å². The third kappa shape index (κ3) is 3.55. The molecular formula is C20H21N3O3S2. The van der Waals surface area contributed by atoms with E-state index in [1.54, 1.807) is 23.5 Å². The van der Waals surface area contributed by atoms with Crippen molar-refractivity contribution in [3.8, 4) is 0 Å². The molecule has 146 valence electrons. The average molecular weight is 416 g/mol. The van der Waals surface area contributed by atoms with Crippen molar-refractivity contribution in [2.75, 3.05) is 13.6 Å². The quantitative estimate of drug-likeness (QED) is 0.706. The van der Waals surface area contributed by atoms with E-state index < -0.39 is 10.0 Å². The number of hydrogen-bond donors (Lipinski definition) is 1. The Morgan fingerprint density at radius 1 is 1.14 bits per heavy atom. The van der Waals surface area contributed by atoms with E-state index in [-0.39, 0.29) is 16.8 Å². The molecule has 1 unspecified atom stereocenters. The van der Waals surface area contributed by atoms with Crippen LogP contribution < -0.4 is 4.72 Å². The van der Waals surface area contributed by atoms with Crippen LogP contribution in [0.2, 0.25) is 0 Å². The maximum absolute atomic E-state index is 13.2. The van der Waals surface area contributed by atoms with Crippen molar-refractivity contribution in [3.05, 3.63) is 59.1 Å². The van der Waals surface area contributed by atoms with Gasteiger partial charge in [0, 0.05) is 12.1 Å². The summed E-state index contributed by atoms with van der Waals surface area (Å²) in [6.07, 6.45) is 2.90. The molecular weight excluding hydrogens is 394 g/mol. The van der Waals surface area contributed by atoms with Gasteiger partial charge >= 0.3 is 0 Å². The summed E-state index contributed by atoms with van der Waals surface area (Å²) in [4.78, 5) is 19.9. The lowest BCUT2D eigenvalue weighted by atomic mass is 10.0. The van der Waals surface area contributed by atoms with E-state index in [2.05, 4.69) is 4.72 Å². The number of fused-ring (bicyclic) bond motifs is 1. The fraction of sp³-hybridized carbons (Fsp3) is 0.300. The number of thiazole rings is 1. The van der Waals surface area contributed by atoms with Crippen LogP contribution in [0.15, 0.2) is 53.4 Å². The normalized spacial score (nSPS) is 17.8. The van der Waals surface area contributed by atoms with Gasteiger partial charge in [0.25, 0.3) is 5.91 Å². The SMILES string of the molecule is CNS(=O)(=O)c1ccc(C(=O)N2CCCCC2c2nc3ccccc3s2)cc1. The molecule has 4 rings (SSSR count). The van der Waals surface area contributed by atoms with E-state index in [0.717, 1.165) is 34.5 Å². The van der Waals surface area contributed by atoms with Crippen molar-refractivity contribution >= 4 is 37.5 Å². The number of carbonyl (C=O) groups excluding carboxylic acids is 1. The molecule has 0 radical (unpaired) electrons. The Bertz CT molecular complexity index is 1070. The Hall–Kier alpha value is -2.29. The highest BCUT2D eigenvalue weighted by atomic mass is 32.2. The zero-order valence-corrected chi connectivity index (χ0v) is 17.1. The number of para-hydroxylation sites is 1. The number of hydrogen-bond acceptors (Lipinski definition) is 5. The first kappa shape index (κ1) is 19.0. The summed E-state index contributed by atoms with van der Waals surface area (Å²) in [6.45, 7) is 0.677. The second kappa shape index (κ2) is 7.62. The second-order valence-corrected chi connectivity index (χ2v) is 9.71. The molecule has 0 spiro atoms. The number of piperidine rings is 1. The minimum Gasteiger partial charge on any atom is -0.329 e. The Kier molecular flexibility index (Phi) is 5.18. The Balaban J connectivity index is 1.63. The maximum Gasteiger partial charge on any atom is 0.254 e. The summed E-state index contributed by atoms with van der Waals surface area (Å²) in [5.74, 6) is -0.0858. The molecule has 1 aliphatic rings. The van der Waals surface area contributed by atoms with E-state index in [9.17, 15) is 13.2 Å². The monoisotopic (exact) mass is 415 g/mol. The van der Waals surface area contributed by atoms with E-state index in [1.165, 1.54) is 19.2 Å². The van der Waals surface area contributed by atoms with Gasteiger partial charge in [-0.1, -0.05) is 12.1 Å². The van der Waals surface area contributed by atoms with Gasteiger partial charge in [0.15, 0.2) is 0 Å². The van der Waals surface area contributed by atoms with Crippen molar-refractivity contribution in [1.82, 2.24) is 14.6 Å². The van der Waals surface area contributed by atoms with E-state index in [0.29, 0.717) is 12.1 Å². The Morgan fingerprint density at radius 2 is 1.89 bits per heavy atom. The predicted molar refractivity (Wildman–Crippen MR) is 110 cm³/mol. The summed E-state index contributed by atoms with van der Waals surface area (Å²) in [5, 5.41) is 0.962. The van der Waals surface area contributed by atoms with Gasteiger partial charge in [-0.25, -0.2) is 18.1 Å². The lowest BCUT2D eigenvalue weighted by Gasteiger charge is -2.34. The van der Waals surface area contributed by atoms with Gasteiger partial charge in [0.2, 0.25) is 10.0 Å². The first-order chi connectivity index (χ1) is 13.5. The van der Waals surface area contributed by atoms with Crippen LogP contribution in [0.5, 0.6) is 0 Å². The maximum atomic E-state index is 13.2. The van der Waals surface area contributed by atoms with Crippen molar-refractivity contribution in [2.24, 2.45) is 0 Å². The van der Waals surface area contributed by atoms with Crippen LogP contribution in [0.3, 0.4) is 0 Å². The molecule has 1 N–H and O–H groups in total. The van der Waals surface area contributed by atoms with Crippen LogP contribution >= 0.6 is 11.3 Å². The molecule has 2 aromatic carbocycles. The molecule has 3 aromatic rings. The number of aromatic nitrogens is 1. The number of rotatable bonds is 4. The van der Waals surface area contributed by atoms with Gasteiger partial charge in [0.1, 0.15) is 5.01 Å². The van der Waals surface area contributed by atoms with Crippen LogP contribution in [-0.4, -0.2) is 37.8 Å². The summed E-state index contributed by atoms with van der Waals surface area (Å²) in [6, 6.07) is 14.1. The number of nitrogens with one attached hydrogen (secondary N) is 1. The lowest BCUT2D eigenvalue weighted by Crippen LogP contribution is -2.38. The topological polar surface area (TPSA) is 79.4 Å². The van der Waals surface area contributed by atoms with Gasteiger partial charge in [-0.15, -0.1) is 11.3 Å². The Labute approximate surface area is 168 Å². The van der Waals surface area contributed by atoms with Crippen LogP contribution in [-0.2, 0) is 10.0 Å². The summed E-state index contributed by atoms with van der Waals surface area (Å²) in [5.41, 5.74) is 1.45. The first-order valence-electron chi connectivity index (χ1n) is 9.19. The van der Waals surface area contributed by atoms with Gasteiger partial charge in [0.05, 0.1) is 21.2 Å². The smallest absolute Gasteiger partial charge is 0.254 e. The number of likely N-dealkylation sites (tertiary alicyclic amines) is 1. The number of nitrogens with zero attached hydrogens (tertiary/aromatic N) is 2. The van der Waals surface area contributed by atoms with Gasteiger partial charge < -0.3 is 4.90 Å². The molecule has 8 heteroatoms. The molecule has 0 saturated carbocycles. The van der Waals surface area contributed by atoms with Crippen molar-refractivity contribution in [1.29, 1.82) is 0 Å². The number of benzene rings is 2. The third-order valence-corrected chi connectivity index (χ3v) is 7.61. The van der Waals surface area contributed by atoms with Crippen molar-refractivity contribution in [3.63, 3.8) is 0 Å². The molecule has 6 nitrogen and oxygen atoms in total. The summed E-state index contributed by atoms with van der Waals surface area (Å²) < 4.78 is 27.2. The fourth-order valence-corrected chi connectivity index (χ4v) is 5.37. The Morgan fingerprint density at radius 3 is 2.61 bits per heavy atom. The molecule has 28 heavy (non-hydrogen) atoms. The van der Waals surface area contributed by atoms with Gasteiger partial charge in [-0.05, 0) is 62.7 Å². The molecule has 1 fully saturated rings. The van der Waals surface area contributed by atoms with Crippen LogP contribution in [0.25, 0.3) is 10.2 Å². The predicted octanol–water partition coefficient (Wildman–Crippen LogP) is 3.57. The molecule has 1 aromatic heterocycles. The number of sulfonamides is 1. The zero-order chi connectivity index (χ0) is 19.7. The highest BCUT2D eigenvalue weighted by Gasteiger charge is 2.31. The van der Waals surface area contributed by atoms with E-state index in [4.69, 9.17) is 4.98 Å². The summed E-state index contributed by atoms with van der Waals surface area (Å²) in [7, 11) is -2.15. The molecule has 2 heterocycles. The van der Waals surface area contributed by atoms with Gasteiger partial charge in [-0.3, -0.25) is 4.79 Å². The zero-order valence-electron chi connectivity index (χ0n) is 15.5. The molecule has 0 bridgehead atoms. The van der Waals surface area contributed by atoms with Gasteiger partial charge in [-0.2, -0.15) is 0 Å². The third-order valence-electron chi connectivity index (χ3n) is 5.04. The largest absolute Gasteiger partial charge is 0.329 e. The average Bonchev–Trinajstić information content (AvgIpc) is 3.17. The van der Waals surface area contributed by atoms with Crippen LogP contribution in [0.1, 0.15) is 40.7 Å². The molecule has 1 saturated heterocycles. The minimum absolute atomic E-state index is 0.0423. The van der Waals surface area contributed by atoms with Crippen LogP contribution in [0.4, 0.5) is 0 Å². The first-order valence-corrected chi connectivity index (χ1v) is 11.5. The van der Waals surface area contributed by atoms with Crippen molar-refractivity contribution < 1.29 is 13.2 Å². The number of amides is 1. The minimum atomic E-state index is -3.52. The highest BCUT2D eigenvalue weighted by Crippen LogP contribution is 2.36. The number of carbonyl (C=O) groups is 1. The fourth-order valence-electron chi connectivity index (χ4n) is 3.52. The highest BCUT2D eigenvalue weighted by molar-refractivity contribution is 7.89. The van der Waals surface area contributed by atoms with Crippen LogP contribution in [0, 0.1) is 0 Å². The molecule has 1 aliphatic heterocycles. The van der Waals surface area contributed by atoms with E-state index >= 15 is 0 Å². The molecule has 0 aliphatic carbocycles. The lowest BCUT2D eigenvalue weighted by molar-refractivity contribution is 0.0611. The molecule has 1 atom stereocenters. The standard InChI is InChI=1S/C20H21N3O3S2/c1-21-28(25,26)15-11-9-14(10-12-15)20(24)23-13-5-4-7-17(23)19-22-16-6-2-3-8-18(16)27-19/h2-3,6,8-12,17,21H,4-5,7,13H2,1H3.